The molecule has 1 aromatic carbocycles. The van der Waals surface area contributed by atoms with E-state index >= 15 is 0 Å². The molecule has 140 valence electrons. The van der Waals surface area contributed by atoms with Gasteiger partial charge in [0, 0.05) is 37.0 Å². The summed E-state index contributed by atoms with van der Waals surface area (Å²) in [6, 6.07) is 13.9. The molecule has 1 atom stereocenters. The van der Waals surface area contributed by atoms with Crippen LogP contribution in [0, 0.1) is 6.92 Å². The minimum absolute atomic E-state index is 0.136. The van der Waals surface area contributed by atoms with Gasteiger partial charge in [-0.25, -0.2) is 0 Å². The molecule has 0 aliphatic carbocycles. The molecule has 3 aromatic rings. The predicted molar refractivity (Wildman–Crippen MR) is 106 cm³/mol. The summed E-state index contributed by atoms with van der Waals surface area (Å²) in [5.74, 6) is 0.580. The average Bonchev–Trinajstić information content (AvgIpc) is 3.00. The maximum atomic E-state index is 12.5. The molecule has 0 bridgehead atoms. The van der Waals surface area contributed by atoms with Crippen molar-refractivity contribution in [3.05, 3.63) is 77.2 Å². The summed E-state index contributed by atoms with van der Waals surface area (Å²) in [4.78, 5) is 19.1. The zero-order valence-electron chi connectivity index (χ0n) is 16.2. The Bertz CT molecular complexity index is 883. The monoisotopic (exact) mass is 363 g/mol. The largest absolute Gasteiger partial charge is 0.307 e. The molecule has 0 radical (unpaired) electrons. The van der Waals surface area contributed by atoms with Gasteiger partial charge in [0.1, 0.15) is 5.82 Å². The fourth-order valence-electron chi connectivity index (χ4n) is 2.94. The highest BCUT2D eigenvalue weighted by atomic mass is 16.1. The van der Waals surface area contributed by atoms with Crippen LogP contribution < -0.4 is 5.32 Å². The van der Waals surface area contributed by atoms with Crippen LogP contribution in [0.25, 0.3) is 0 Å². The maximum Gasteiger partial charge on any atom is 0.256 e. The van der Waals surface area contributed by atoms with Crippen LogP contribution in [0.2, 0.25) is 0 Å². The molecule has 1 unspecified atom stereocenters. The van der Waals surface area contributed by atoms with E-state index in [9.17, 15) is 4.79 Å². The van der Waals surface area contributed by atoms with E-state index in [2.05, 4.69) is 34.3 Å². The number of aryl methyl sites for hydroxylation is 2. The first-order chi connectivity index (χ1) is 13.0. The average molecular weight is 363 g/mol. The molecule has 0 saturated heterocycles. The summed E-state index contributed by atoms with van der Waals surface area (Å²) in [5, 5.41) is 7.06. The Morgan fingerprint density at radius 3 is 2.56 bits per heavy atom. The first kappa shape index (κ1) is 18.8. The summed E-state index contributed by atoms with van der Waals surface area (Å²) >= 11 is 0. The molecule has 3 rings (SSSR count). The Hall–Kier alpha value is -2.99. The number of nitrogens with zero attached hydrogens (tertiary/aromatic N) is 4. The van der Waals surface area contributed by atoms with E-state index in [1.165, 1.54) is 0 Å². The van der Waals surface area contributed by atoms with Crippen molar-refractivity contribution in [1.82, 2.24) is 19.7 Å². The zero-order valence-corrected chi connectivity index (χ0v) is 16.2. The number of pyridine rings is 1. The highest BCUT2D eigenvalue weighted by molar-refractivity contribution is 6.04. The number of hydrogen-bond donors (Lipinski definition) is 1. The lowest BCUT2D eigenvalue weighted by atomic mass is 10.1. The Kier molecular flexibility index (Phi) is 5.66. The highest BCUT2D eigenvalue weighted by Gasteiger charge is 2.14. The first-order valence-corrected chi connectivity index (χ1v) is 8.95. The lowest BCUT2D eigenvalue weighted by molar-refractivity contribution is 0.102. The van der Waals surface area contributed by atoms with E-state index in [0.717, 1.165) is 23.4 Å². The number of aromatic nitrogens is 3. The third-order valence-electron chi connectivity index (χ3n) is 4.78. The van der Waals surface area contributed by atoms with E-state index in [1.54, 1.807) is 10.9 Å². The van der Waals surface area contributed by atoms with Crippen LogP contribution in [0.4, 0.5) is 5.82 Å². The van der Waals surface area contributed by atoms with Gasteiger partial charge >= 0.3 is 0 Å². The molecule has 1 N–H and O–H groups in total. The van der Waals surface area contributed by atoms with Gasteiger partial charge in [-0.05, 0) is 50.7 Å². The number of rotatable bonds is 6. The van der Waals surface area contributed by atoms with E-state index < -0.39 is 0 Å². The van der Waals surface area contributed by atoms with Crippen LogP contribution >= 0.6 is 0 Å². The second-order valence-corrected chi connectivity index (χ2v) is 6.80. The predicted octanol–water partition coefficient (Wildman–Crippen LogP) is 3.57. The number of nitrogens with one attached hydrogen (secondary N) is 1. The fraction of sp³-hybridized carbons (Fsp3) is 0.286. The molecule has 2 aromatic heterocycles. The third kappa shape index (κ3) is 4.41. The molecule has 6 heteroatoms. The normalized spacial score (nSPS) is 12.2. The van der Waals surface area contributed by atoms with Gasteiger partial charge in [-0.15, -0.1) is 0 Å². The molecule has 2 heterocycles. The van der Waals surface area contributed by atoms with Gasteiger partial charge in [0.05, 0.1) is 11.9 Å². The standard InChI is InChI=1S/C21H25N5O/c1-15-13-23-26(4)20(15)24-21(27)18-10-8-17(9-11-18)14-25(3)16(2)19-7-5-6-12-22-19/h5-13,16H,14H2,1-4H3,(H,24,27). The quantitative estimate of drug-likeness (QED) is 0.727. The van der Waals surface area contributed by atoms with Gasteiger partial charge in [-0.3, -0.25) is 19.4 Å². The second-order valence-electron chi connectivity index (χ2n) is 6.80. The minimum atomic E-state index is -0.136. The first-order valence-electron chi connectivity index (χ1n) is 8.95. The number of anilines is 1. The van der Waals surface area contributed by atoms with Crippen LogP contribution in [-0.2, 0) is 13.6 Å². The van der Waals surface area contributed by atoms with Gasteiger partial charge in [0.2, 0.25) is 0 Å². The number of carbonyl (C=O) groups excluding carboxylic acids is 1. The van der Waals surface area contributed by atoms with Gasteiger partial charge in [-0.1, -0.05) is 18.2 Å². The van der Waals surface area contributed by atoms with Crippen LogP contribution in [0.3, 0.4) is 0 Å². The Balaban J connectivity index is 1.64. The van der Waals surface area contributed by atoms with Crippen molar-refractivity contribution in [2.24, 2.45) is 7.05 Å². The number of hydrogen-bond acceptors (Lipinski definition) is 4. The van der Waals surface area contributed by atoms with E-state index in [-0.39, 0.29) is 11.9 Å². The second kappa shape index (κ2) is 8.14. The molecule has 0 aliphatic rings. The number of carbonyl (C=O) groups is 1. The third-order valence-corrected chi connectivity index (χ3v) is 4.78. The number of benzene rings is 1. The Morgan fingerprint density at radius 1 is 1.22 bits per heavy atom. The minimum Gasteiger partial charge on any atom is -0.307 e. The summed E-state index contributed by atoms with van der Waals surface area (Å²) < 4.78 is 1.66. The van der Waals surface area contributed by atoms with Crippen LogP contribution in [0.15, 0.2) is 54.9 Å². The van der Waals surface area contributed by atoms with E-state index in [1.807, 2.05) is 62.6 Å². The van der Waals surface area contributed by atoms with Gasteiger partial charge in [0.25, 0.3) is 5.91 Å². The lowest BCUT2D eigenvalue weighted by Crippen LogP contribution is -2.22. The summed E-state index contributed by atoms with van der Waals surface area (Å²) in [6.07, 6.45) is 3.55. The molecule has 27 heavy (non-hydrogen) atoms. The van der Waals surface area contributed by atoms with Crippen LogP contribution in [0.5, 0.6) is 0 Å². The van der Waals surface area contributed by atoms with Crippen molar-refractivity contribution in [2.75, 3.05) is 12.4 Å². The van der Waals surface area contributed by atoms with Gasteiger partial charge in [0.15, 0.2) is 0 Å². The van der Waals surface area contributed by atoms with Crippen LogP contribution in [-0.4, -0.2) is 32.6 Å². The molecule has 0 fully saturated rings. The fourth-order valence-corrected chi connectivity index (χ4v) is 2.94. The highest BCUT2D eigenvalue weighted by Crippen LogP contribution is 2.19. The zero-order chi connectivity index (χ0) is 19.4. The Labute approximate surface area is 159 Å². The molecule has 0 saturated carbocycles. The van der Waals surface area contributed by atoms with Crippen molar-refractivity contribution in [3.63, 3.8) is 0 Å². The van der Waals surface area contributed by atoms with Gasteiger partial charge in [-0.2, -0.15) is 5.10 Å². The summed E-state index contributed by atoms with van der Waals surface area (Å²) in [6.45, 7) is 4.84. The van der Waals surface area contributed by atoms with Crippen LogP contribution in [0.1, 0.15) is 40.1 Å². The molecule has 1 amide bonds. The van der Waals surface area contributed by atoms with Crippen molar-refractivity contribution in [3.8, 4) is 0 Å². The topological polar surface area (TPSA) is 63.1 Å². The molecule has 6 nitrogen and oxygen atoms in total. The van der Waals surface area contributed by atoms with Gasteiger partial charge < -0.3 is 5.32 Å². The molecule has 0 spiro atoms. The van der Waals surface area contributed by atoms with Crippen molar-refractivity contribution < 1.29 is 4.79 Å². The molecular weight excluding hydrogens is 338 g/mol. The summed E-state index contributed by atoms with van der Waals surface area (Å²) in [5.41, 5.74) is 3.75. The molecular formula is C21H25N5O. The molecule has 0 aliphatic heterocycles. The maximum absolute atomic E-state index is 12.5. The van der Waals surface area contributed by atoms with E-state index in [0.29, 0.717) is 11.4 Å². The summed E-state index contributed by atoms with van der Waals surface area (Å²) in [7, 11) is 3.88. The van der Waals surface area contributed by atoms with E-state index in [4.69, 9.17) is 0 Å². The SMILES string of the molecule is Cc1cnn(C)c1NC(=O)c1ccc(CN(C)C(C)c2ccccn2)cc1. The Morgan fingerprint density at radius 2 is 1.96 bits per heavy atom. The smallest absolute Gasteiger partial charge is 0.256 e. The van der Waals surface area contributed by atoms with Crippen molar-refractivity contribution >= 4 is 11.7 Å². The van der Waals surface area contributed by atoms with Crippen molar-refractivity contribution in [2.45, 2.75) is 26.4 Å². The van der Waals surface area contributed by atoms with Crippen molar-refractivity contribution in [1.29, 1.82) is 0 Å². The number of amides is 1. The lowest BCUT2D eigenvalue weighted by Gasteiger charge is -2.24.